The molecule has 0 aliphatic heterocycles. The van der Waals surface area contributed by atoms with Crippen molar-refractivity contribution in [2.45, 2.75) is 26.3 Å². The minimum Gasteiger partial charge on any atom is -0.383 e. The first-order valence-corrected chi connectivity index (χ1v) is 6.72. The SMILES string of the molecule is CCCCn1cnc(-c2ccc(N(C)C)cc2)c1N. The molecule has 2 N–H and O–H groups in total. The van der Waals surface area contributed by atoms with E-state index in [0.717, 1.165) is 36.5 Å². The van der Waals surface area contributed by atoms with Gasteiger partial charge in [0.25, 0.3) is 0 Å². The van der Waals surface area contributed by atoms with Crippen LogP contribution >= 0.6 is 0 Å². The molecule has 0 amide bonds. The molecule has 102 valence electrons. The fourth-order valence-corrected chi connectivity index (χ4v) is 2.04. The molecule has 0 spiro atoms. The largest absolute Gasteiger partial charge is 0.383 e. The van der Waals surface area contributed by atoms with Crippen LogP contribution in [0.15, 0.2) is 30.6 Å². The Morgan fingerprint density at radius 1 is 1.21 bits per heavy atom. The molecule has 4 heteroatoms. The molecule has 0 atom stereocenters. The van der Waals surface area contributed by atoms with Crippen LogP contribution in [0.4, 0.5) is 11.5 Å². The smallest absolute Gasteiger partial charge is 0.131 e. The van der Waals surface area contributed by atoms with Crippen molar-refractivity contribution in [2.24, 2.45) is 0 Å². The normalized spacial score (nSPS) is 10.7. The first-order valence-electron chi connectivity index (χ1n) is 6.72. The Morgan fingerprint density at radius 3 is 2.47 bits per heavy atom. The molecule has 1 aromatic carbocycles. The second kappa shape index (κ2) is 5.78. The molecule has 4 nitrogen and oxygen atoms in total. The standard InChI is InChI=1S/C15H22N4/c1-4-5-10-19-11-17-14(15(19)16)12-6-8-13(9-7-12)18(2)3/h6-9,11H,4-5,10,16H2,1-3H3. The number of aryl methyl sites for hydroxylation is 1. The minimum atomic E-state index is 0.756. The number of anilines is 2. The Morgan fingerprint density at radius 2 is 1.89 bits per heavy atom. The molecule has 0 fully saturated rings. The van der Waals surface area contributed by atoms with E-state index in [9.17, 15) is 0 Å². The monoisotopic (exact) mass is 258 g/mol. The number of aromatic nitrogens is 2. The summed E-state index contributed by atoms with van der Waals surface area (Å²) >= 11 is 0. The molecule has 19 heavy (non-hydrogen) atoms. The van der Waals surface area contributed by atoms with Gasteiger partial charge in [-0.3, -0.25) is 0 Å². The molecule has 2 rings (SSSR count). The van der Waals surface area contributed by atoms with Crippen LogP contribution in [-0.2, 0) is 6.54 Å². The van der Waals surface area contributed by atoms with Gasteiger partial charge in [-0.15, -0.1) is 0 Å². The van der Waals surface area contributed by atoms with E-state index in [1.165, 1.54) is 5.69 Å². The maximum Gasteiger partial charge on any atom is 0.131 e. The highest BCUT2D eigenvalue weighted by molar-refractivity contribution is 5.71. The molecule has 0 aliphatic rings. The lowest BCUT2D eigenvalue weighted by Gasteiger charge is -2.12. The summed E-state index contributed by atoms with van der Waals surface area (Å²) in [5.74, 6) is 0.756. The van der Waals surface area contributed by atoms with E-state index in [2.05, 4.69) is 41.1 Å². The van der Waals surface area contributed by atoms with E-state index in [-0.39, 0.29) is 0 Å². The number of rotatable bonds is 5. The third-order valence-electron chi connectivity index (χ3n) is 3.29. The van der Waals surface area contributed by atoms with E-state index < -0.39 is 0 Å². The van der Waals surface area contributed by atoms with Gasteiger partial charge in [0.2, 0.25) is 0 Å². The second-order valence-electron chi connectivity index (χ2n) is 4.97. The van der Waals surface area contributed by atoms with Gasteiger partial charge < -0.3 is 15.2 Å². The molecular formula is C15H22N4. The van der Waals surface area contributed by atoms with E-state index in [1.54, 1.807) is 0 Å². The zero-order valence-electron chi connectivity index (χ0n) is 11.9. The number of unbranched alkanes of at least 4 members (excludes halogenated alkanes) is 1. The summed E-state index contributed by atoms with van der Waals surface area (Å²) in [7, 11) is 4.06. The number of nitrogens with zero attached hydrogens (tertiary/aromatic N) is 3. The number of hydrogen-bond acceptors (Lipinski definition) is 3. The molecule has 0 saturated heterocycles. The lowest BCUT2D eigenvalue weighted by atomic mass is 10.1. The predicted octanol–water partition coefficient (Wildman–Crippen LogP) is 3.00. The van der Waals surface area contributed by atoms with Crippen molar-refractivity contribution in [3.8, 4) is 11.3 Å². The summed E-state index contributed by atoms with van der Waals surface area (Å²) in [4.78, 5) is 6.51. The number of nitrogen functional groups attached to an aromatic ring is 1. The van der Waals surface area contributed by atoms with Gasteiger partial charge in [0.15, 0.2) is 0 Å². The van der Waals surface area contributed by atoms with Crippen LogP contribution in [0.5, 0.6) is 0 Å². The van der Waals surface area contributed by atoms with Gasteiger partial charge in [0, 0.05) is 31.9 Å². The summed E-state index contributed by atoms with van der Waals surface area (Å²) in [6.07, 6.45) is 4.12. The lowest BCUT2D eigenvalue weighted by Crippen LogP contribution is -2.08. The van der Waals surface area contributed by atoms with Crippen LogP contribution in [0.25, 0.3) is 11.3 Å². The summed E-state index contributed by atoms with van der Waals surface area (Å²) in [6.45, 7) is 3.11. The molecule has 0 saturated carbocycles. The molecule has 0 radical (unpaired) electrons. The zero-order chi connectivity index (χ0) is 13.8. The van der Waals surface area contributed by atoms with Crippen LogP contribution in [0.2, 0.25) is 0 Å². The van der Waals surface area contributed by atoms with E-state index in [1.807, 2.05) is 25.0 Å². The molecule has 1 aromatic heterocycles. The molecule has 1 heterocycles. The predicted molar refractivity (Wildman–Crippen MR) is 81.3 cm³/mol. The second-order valence-corrected chi connectivity index (χ2v) is 4.97. The van der Waals surface area contributed by atoms with Crippen molar-refractivity contribution in [1.29, 1.82) is 0 Å². The highest BCUT2D eigenvalue weighted by Gasteiger charge is 2.09. The first-order chi connectivity index (χ1) is 9.13. The summed E-state index contributed by atoms with van der Waals surface area (Å²) < 4.78 is 2.03. The van der Waals surface area contributed by atoms with Crippen LogP contribution in [0, 0.1) is 0 Å². The average Bonchev–Trinajstić information content (AvgIpc) is 2.78. The first kappa shape index (κ1) is 13.5. The van der Waals surface area contributed by atoms with Crippen LogP contribution < -0.4 is 10.6 Å². The highest BCUT2D eigenvalue weighted by Crippen LogP contribution is 2.26. The Hall–Kier alpha value is -1.97. The Labute approximate surface area is 114 Å². The van der Waals surface area contributed by atoms with Crippen molar-refractivity contribution in [2.75, 3.05) is 24.7 Å². The number of hydrogen-bond donors (Lipinski definition) is 1. The van der Waals surface area contributed by atoms with Crippen molar-refractivity contribution in [1.82, 2.24) is 9.55 Å². The Bertz CT molecular complexity index is 526. The minimum absolute atomic E-state index is 0.756. The van der Waals surface area contributed by atoms with E-state index in [0.29, 0.717) is 0 Å². The fraction of sp³-hybridized carbons (Fsp3) is 0.400. The fourth-order valence-electron chi connectivity index (χ4n) is 2.04. The van der Waals surface area contributed by atoms with Crippen LogP contribution in [0.3, 0.4) is 0 Å². The molecular weight excluding hydrogens is 236 g/mol. The van der Waals surface area contributed by atoms with Crippen molar-refractivity contribution in [3.63, 3.8) is 0 Å². The van der Waals surface area contributed by atoms with Gasteiger partial charge >= 0.3 is 0 Å². The summed E-state index contributed by atoms with van der Waals surface area (Å²) in [6, 6.07) is 8.30. The maximum atomic E-state index is 6.16. The topological polar surface area (TPSA) is 47.1 Å². The van der Waals surface area contributed by atoms with Gasteiger partial charge in [0.1, 0.15) is 11.5 Å². The zero-order valence-corrected chi connectivity index (χ0v) is 11.9. The third kappa shape index (κ3) is 2.89. The van der Waals surface area contributed by atoms with Gasteiger partial charge in [-0.2, -0.15) is 0 Å². The quantitative estimate of drug-likeness (QED) is 0.896. The van der Waals surface area contributed by atoms with Gasteiger partial charge in [-0.05, 0) is 18.6 Å². The Balaban J connectivity index is 2.24. The summed E-state index contributed by atoms with van der Waals surface area (Å²) in [5.41, 5.74) is 9.28. The van der Waals surface area contributed by atoms with Crippen molar-refractivity contribution >= 4 is 11.5 Å². The van der Waals surface area contributed by atoms with Gasteiger partial charge in [-0.1, -0.05) is 25.5 Å². The van der Waals surface area contributed by atoms with Crippen molar-refractivity contribution in [3.05, 3.63) is 30.6 Å². The molecule has 0 aliphatic carbocycles. The average molecular weight is 258 g/mol. The molecule has 2 aromatic rings. The number of nitrogens with two attached hydrogens (primary N) is 1. The third-order valence-corrected chi connectivity index (χ3v) is 3.29. The lowest BCUT2D eigenvalue weighted by molar-refractivity contribution is 0.637. The van der Waals surface area contributed by atoms with Crippen molar-refractivity contribution < 1.29 is 0 Å². The molecule has 0 bridgehead atoms. The summed E-state index contributed by atoms with van der Waals surface area (Å²) in [5, 5.41) is 0. The van der Waals surface area contributed by atoms with Gasteiger partial charge in [-0.25, -0.2) is 4.98 Å². The number of benzene rings is 1. The highest BCUT2D eigenvalue weighted by atomic mass is 15.1. The van der Waals surface area contributed by atoms with Crippen LogP contribution in [-0.4, -0.2) is 23.6 Å². The van der Waals surface area contributed by atoms with Crippen LogP contribution in [0.1, 0.15) is 19.8 Å². The maximum absolute atomic E-state index is 6.16. The van der Waals surface area contributed by atoms with Gasteiger partial charge in [0.05, 0.1) is 6.33 Å². The molecule has 0 unspecified atom stereocenters. The number of imidazole rings is 1. The van der Waals surface area contributed by atoms with E-state index >= 15 is 0 Å². The Kier molecular flexibility index (Phi) is 4.10. The van der Waals surface area contributed by atoms with E-state index in [4.69, 9.17) is 5.73 Å².